The third-order valence-corrected chi connectivity index (χ3v) is 4.09. The molecule has 0 aliphatic carbocycles. The van der Waals surface area contributed by atoms with Crippen LogP contribution in [0.3, 0.4) is 0 Å². The molecule has 2 aromatic rings. The van der Waals surface area contributed by atoms with E-state index in [1.54, 1.807) is 25.1 Å². The van der Waals surface area contributed by atoms with E-state index in [2.05, 4.69) is 10.5 Å². The van der Waals surface area contributed by atoms with E-state index in [0.29, 0.717) is 23.7 Å². The second kappa shape index (κ2) is 10.8. The zero-order valence-electron chi connectivity index (χ0n) is 17.2. The van der Waals surface area contributed by atoms with Gasteiger partial charge < -0.3 is 14.2 Å². The molecule has 0 aromatic heterocycles. The minimum absolute atomic E-state index is 0.199. The van der Waals surface area contributed by atoms with Crippen molar-refractivity contribution in [2.45, 2.75) is 27.2 Å². The van der Waals surface area contributed by atoms with Gasteiger partial charge in [-0.2, -0.15) is 5.10 Å². The number of hydrazone groups is 1. The van der Waals surface area contributed by atoms with Crippen molar-refractivity contribution >= 4 is 18.1 Å². The molecule has 0 unspecified atom stereocenters. The van der Waals surface area contributed by atoms with E-state index in [1.165, 1.54) is 13.3 Å². The summed E-state index contributed by atoms with van der Waals surface area (Å²) in [6, 6.07) is 11.1. The number of ether oxygens (including phenoxy) is 3. The first-order valence-corrected chi connectivity index (χ1v) is 9.27. The lowest BCUT2D eigenvalue weighted by molar-refractivity contribution is -0.145. The molecule has 0 radical (unpaired) electrons. The van der Waals surface area contributed by atoms with Gasteiger partial charge in [-0.3, -0.25) is 4.79 Å². The Balaban J connectivity index is 1.94. The number of rotatable bonds is 9. The molecule has 0 aliphatic heterocycles. The van der Waals surface area contributed by atoms with Crippen LogP contribution in [0.25, 0.3) is 0 Å². The normalized spacial score (nSPS) is 10.6. The summed E-state index contributed by atoms with van der Waals surface area (Å²) in [6.07, 6.45) is 1.77. The fourth-order valence-electron chi connectivity index (χ4n) is 2.66. The fourth-order valence-corrected chi connectivity index (χ4v) is 2.66. The highest BCUT2D eigenvalue weighted by Gasteiger charge is 2.09. The zero-order chi connectivity index (χ0) is 21.2. The minimum atomic E-state index is -0.452. The zero-order valence-corrected chi connectivity index (χ0v) is 17.2. The number of benzene rings is 2. The maximum absolute atomic E-state index is 12.1. The standard InChI is InChI=1S/C22H26N2O5/c1-5-28-22(26)14-29-19-9-7-17(11-20(19)27-4)13-23-24-21(25)12-18-8-6-15(2)10-16(18)3/h6-11,13H,5,12,14H2,1-4H3,(H,24,25)/b23-13-. The van der Waals surface area contributed by atoms with Gasteiger partial charge in [0.05, 0.1) is 26.4 Å². The first-order valence-electron chi connectivity index (χ1n) is 9.27. The number of carbonyl (C=O) groups excluding carboxylic acids is 2. The number of esters is 1. The van der Waals surface area contributed by atoms with Gasteiger partial charge in [0.1, 0.15) is 0 Å². The maximum Gasteiger partial charge on any atom is 0.344 e. The largest absolute Gasteiger partial charge is 0.493 e. The predicted octanol–water partition coefficient (Wildman–Crippen LogP) is 2.95. The highest BCUT2D eigenvalue weighted by Crippen LogP contribution is 2.27. The van der Waals surface area contributed by atoms with Crippen molar-refractivity contribution in [3.63, 3.8) is 0 Å². The summed E-state index contributed by atoms with van der Waals surface area (Å²) in [5.41, 5.74) is 6.43. The van der Waals surface area contributed by atoms with E-state index in [1.807, 2.05) is 32.0 Å². The molecular formula is C22H26N2O5. The van der Waals surface area contributed by atoms with Crippen LogP contribution in [0.5, 0.6) is 11.5 Å². The van der Waals surface area contributed by atoms with E-state index in [0.717, 1.165) is 16.7 Å². The number of methoxy groups -OCH3 is 1. The molecule has 0 saturated heterocycles. The molecule has 7 heteroatoms. The van der Waals surface area contributed by atoms with Crippen LogP contribution in [0.15, 0.2) is 41.5 Å². The molecule has 0 saturated carbocycles. The molecule has 7 nitrogen and oxygen atoms in total. The molecule has 0 spiro atoms. The number of nitrogens with one attached hydrogen (secondary N) is 1. The molecule has 0 fully saturated rings. The van der Waals surface area contributed by atoms with Crippen molar-refractivity contribution in [1.29, 1.82) is 0 Å². The van der Waals surface area contributed by atoms with E-state index in [4.69, 9.17) is 14.2 Å². The smallest absolute Gasteiger partial charge is 0.344 e. The number of nitrogens with zero attached hydrogens (tertiary/aromatic N) is 1. The molecule has 0 heterocycles. The van der Waals surface area contributed by atoms with E-state index in [-0.39, 0.29) is 18.9 Å². The van der Waals surface area contributed by atoms with Gasteiger partial charge in [-0.05, 0) is 55.7 Å². The van der Waals surface area contributed by atoms with E-state index >= 15 is 0 Å². The maximum atomic E-state index is 12.1. The lowest BCUT2D eigenvalue weighted by Gasteiger charge is -2.10. The molecule has 1 amide bonds. The van der Waals surface area contributed by atoms with Gasteiger partial charge in [0.25, 0.3) is 0 Å². The van der Waals surface area contributed by atoms with Crippen LogP contribution in [0.1, 0.15) is 29.2 Å². The van der Waals surface area contributed by atoms with Crippen LogP contribution in [0, 0.1) is 13.8 Å². The summed E-state index contributed by atoms with van der Waals surface area (Å²) in [7, 11) is 1.50. The molecular weight excluding hydrogens is 372 g/mol. The van der Waals surface area contributed by atoms with E-state index in [9.17, 15) is 9.59 Å². The second-order valence-corrected chi connectivity index (χ2v) is 6.40. The van der Waals surface area contributed by atoms with Gasteiger partial charge in [-0.1, -0.05) is 23.8 Å². The third-order valence-electron chi connectivity index (χ3n) is 4.09. The lowest BCUT2D eigenvalue weighted by atomic mass is 10.0. The summed E-state index contributed by atoms with van der Waals surface area (Å²) >= 11 is 0. The highest BCUT2D eigenvalue weighted by molar-refractivity contribution is 5.84. The molecule has 0 bridgehead atoms. The first-order chi connectivity index (χ1) is 13.9. The van der Waals surface area contributed by atoms with E-state index < -0.39 is 5.97 Å². The van der Waals surface area contributed by atoms with Gasteiger partial charge in [0.15, 0.2) is 18.1 Å². The van der Waals surface area contributed by atoms with Crippen LogP contribution < -0.4 is 14.9 Å². The van der Waals surface area contributed by atoms with Gasteiger partial charge in [-0.15, -0.1) is 0 Å². The Labute approximate surface area is 170 Å². The molecule has 0 atom stereocenters. The third kappa shape index (κ3) is 6.95. The number of aryl methyl sites for hydroxylation is 2. The Morgan fingerprint density at radius 3 is 2.59 bits per heavy atom. The Morgan fingerprint density at radius 2 is 1.90 bits per heavy atom. The SMILES string of the molecule is CCOC(=O)COc1ccc(/C=N\NC(=O)Cc2ccc(C)cc2C)cc1OC. The van der Waals surface area contributed by atoms with Gasteiger partial charge in [0.2, 0.25) is 5.91 Å². The number of amides is 1. The molecule has 1 N–H and O–H groups in total. The molecule has 154 valence electrons. The monoisotopic (exact) mass is 398 g/mol. The summed E-state index contributed by atoms with van der Waals surface area (Å²) in [4.78, 5) is 23.5. The summed E-state index contributed by atoms with van der Waals surface area (Å²) in [6.45, 7) is 5.82. The Morgan fingerprint density at radius 1 is 1.10 bits per heavy atom. The van der Waals surface area contributed by atoms with Gasteiger partial charge in [0, 0.05) is 0 Å². The molecule has 2 rings (SSSR count). The Kier molecular flexibility index (Phi) is 8.21. The average molecular weight is 398 g/mol. The van der Waals surface area contributed by atoms with Crippen molar-refractivity contribution < 1.29 is 23.8 Å². The van der Waals surface area contributed by atoms with Crippen LogP contribution in [0.2, 0.25) is 0 Å². The lowest BCUT2D eigenvalue weighted by Crippen LogP contribution is -2.20. The van der Waals surface area contributed by atoms with Crippen molar-refractivity contribution in [1.82, 2.24) is 5.43 Å². The Bertz CT molecular complexity index is 893. The second-order valence-electron chi connectivity index (χ2n) is 6.40. The number of hydrogen-bond acceptors (Lipinski definition) is 6. The van der Waals surface area contributed by atoms with Crippen molar-refractivity contribution in [3.8, 4) is 11.5 Å². The summed E-state index contributed by atoms with van der Waals surface area (Å²) in [5, 5.41) is 3.99. The van der Waals surface area contributed by atoms with Gasteiger partial charge >= 0.3 is 5.97 Å². The highest BCUT2D eigenvalue weighted by atomic mass is 16.6. The topological polar surface area (TPSA) is 86.2 Å². The summed E-state index contributed by atoms with van der Waals surface area (Å²) < 4.78 is 15.5. The predicted molar refractivity (Wildman–Crippen MR) is 110 cm³/mol. The van der Waals surface area contributed by atoms with Crippen molar-refractivity contribution in [2.75, 3.05) is 20.3 Å². The van der Waals surface area contributed by atoms with Crippen LogP contribution in [0.4, 0.5) is 0 Å². The summed E-state index contributed by atoms with van der Waals surface area (Å²) in [5.74, 6) is 0.206. The molecule has 0 aliphatic rings. The van der Waals surface area contributed by atoms with Crippen LogP contribution >= 0.6 is 0 Å². The quantitative estimate of drug-likeness (QED) is 0.399. The van der Waals surface area contributed by atoms with Crippen molar-refractivity contribution in [3.05, 3.63) is 58.7 Å². The molecule has 29 heavy (non-hydrogen) atoms. The van der Waals surface area contributed by atoms with Crippen LogP contribution in [-0.4, -0.2) is 38.4 Å². The Hall–Kier alpha value is -3.35. The number of hydrogen-bond donors (Lipinski definition) is 1. The fraction of sp³-hybridized carbons (Fsp3) is 0.318. The van der Waals surface area contributed by atoms with Crippen LogP contribution in [-0.2, 0) is 20.7 Å². The average Bonchev–Trinajstić information content (AvgIpc) is 2.69. The number of carbonyl (C=O) groups is 2. The first kappa shape index (κ1) is 21.9. The molecule has 2 aromatic carbocycles. The van der Waals surface area contributed by atoms with Gasteiger partial charge in [-0.25, -0.2) is 10.2 Å². The van der Waals surface area contributed by atoms with Crippen molar-refractivity contribution in [2.24, 2.45) is 5.10 Å². The minimum Gasteiger partial charge on any atom is -0.493 e.